The molecule has 0 fully saturated rings. The maximum Gasteiger partial charge on any atom is 0.0588 e. The van der Waals surface area contributed by atoms with Crippen LogP contribution in [0.15, 0.2) is 0 Å². The van der Waals surface area contributed by atoms with Crippen LogP contribution in [-0.4, -0.2) is 24.3 Å². The summed E-state index contributed by atoms with van der Waals surface area (Å²) in [6.45, 7) is 1.11. The zero-order valence-electron chi connectivity index (χ0n) is 6.33. The Morgan fingerprint density at radius 3 is 2.45 bits per heavy atom. The predicted molar refractivity (Wildman–Crippen MR) is 62.7 cm³/mol. The average Bonchev–Trinajstić information content (AvgIpc) is 1.97. The van der Waals surface area contributed by atoms with Crippen LogP contribution in [0, 0.1) is 0 Å². The van der Waals surface area contributed by atoms with Gasteiger partial charge in [0.1, 0.15) is 0 Å². The molecule has 68 valence electrons. The number of aliphatic hydroxyl groups excluding tert-OH is 1. The zero-order chi connectivity index (χ0) is 8.69. The summed E-state index contributed by atoms with van der Waals surface area (Å²) in [5.74, 6) is 0. The number of aliphatic hydroxyl groups is 1. The van der Waals surface area contributed by atoms with E-state index < -0.39 is 0 Å². The minimum atomic E-state index is -0.273. The first-order valence-electron chi connectivity index (χ1n) is 3.30. The molecule has 11 heavy (non-hydrogen) atoms. The Kier molecular flexibility index (Phi) is 9.40. The van der Waals surface area contributed by atoms with Crippen molar-refractivity contribution >= 4 is 34.7 Å². The quantitative estimate of drug-likeness (QED) is 0.590. The second-order valence-corrected chi connectivity index (χ2v) is 8.77. The summed E-state index contributed by atoms with van der Waals surface area (Å²) in [7, 11) is 7.53. The molecule has 3 nitrogen and oxygen atoms in total. The summed E-state index contributed by atoms with van der Waals surface area (Å²) in [5, 5.41) is 15.1. The molecule has 0 amide bonds. The smallest absolute Gasteiger partial charge is 0.0588 e. The third kappa shape index (κ3) is 7.94. The molecule has 0 aliphatic heterocycles. The molecule has 0 aromatic rings. The second kappa shape index (κ2) is 8.21. The van der Waals surface area contributed by atoms with E-state index in [2.05, 4.69) is 37.4 Å². The van der Waals surface area contributed by atoms with Gasteiger partial charge in [-0.1, -0.05) is 27.2 Å². The van der Waals surface area contributed by atoms with E-state index in [-0.39, 0.29) is 20.1 Å². The predicted octanol–water partition coefficient (Wildman–Crippen LogP) is 0.684. The molecular weight excluding hydrogens is 216 g/mol. The van der Waals surface area contributed by atoms with Gasteiger partial charge in [-0.15, -0.1) is 0 Å². The SMILES string of the molecule is OCC(CCNP)NP(P)P. The van der Waals surface area contributed by atoms with Crippen molar-refractivity contribution in [3.05, 3.63) is 0 Å². The molecule has 0 radical (unpaired) electrons. The Hall–Kier alpha value is 1.60. The highest BCUT2D eigenvalue weighted by atomic mass is 32.4. The van der Waals surface area contributed by atoms with Crippen molar-refractivity contribution in [3.63, 3.8) is 0 Å². The molecule has 0 aliphatic carbocycles. The Labute approximate surface area is 76.1 Å². The maximum atomic E-state index is 8.90. The molecule has 0 rings (SSSR count). The first kappa shape index (κ1) is 12.6. The van der Waals surface area contributed by atoms with E-state index in [9.17, 15) is 0 Å². The summed E-state index contributed by atoms with van der Waals surface area (Å²) in [4.78, 5) is 0. The fraction of sp³-hybridized carbons (Fsp3) is 1.00. The lowest BCUT2D eigenvalue weighted by Crippen LogP contribution is -2.29. The van der Waals surface area contributed by atoms with Gasteiger partial charge in [0.05, 0.1) is 6.61 Å². The van der Waals surface area contributed by atoms with Gasteiger partial charge in [-0.2, -0.15) is 0 Å². The molecule has 0 aromatic heterocycles. The van der Waals surface area contributed by atoms with Gasteiger partial charge in [-0.05, 0) is 13.9 Å². The summed E-state index contributed by atoms with van der Waals surface area (Å²) in [6.07, 6.45) is 0.946. The lowest BCUT2D eigenvalue weighted by Gasteiger charge is -2.18. The van der Waals surface area contributed by atoms with Crippen molar-refractivity contribution in [1.29, 1.82) is 0 Å². The number of hydrogen-bond acceptors (Lipinski definition) is 3. The van der Waals surface area contributed by atoms with Crippen LogP contribution in [0.4, 0.5) is 0 Å². The topological polar surface area (TPSA) is 44.3 Å². The summed E-state index contributed by atoms with van der Waals surface area (Å²) in [6, 6.07) is 0.212. The van der Waals surface area contributed by atoms with Crippen molar-refractivity contribution in [3.8, 4) is 0 Å². The van der Waals surface area contributed by atoms with E-state index in [0.29, 0.717) is 0 Å². The highest BCUT2D eigenvalue weighted by molar-refractivity contribution is 8.42. The van der Waals surface area contributed by atoms with Gasteiger partial charge < -0.3 is 10.2 Å². The maximum absolute atomic E-state index is 8.90. The van der Waals surface area contributed by atoms with Gasteiger partial charge in [0.25, 0.3) is 0 Å². The van der Waals surface area contributed by atoms with Crippen LogP contribution in [0.1, 0.15) is 6.42 Å². The molecule has 0 bridgehead atoms. The summed E-state index contributed by atoms with van der Waals surface area (Å²) >= 11 is 0. The Balaban J connectivity index is 3.41. The summed E-state index contributed by atoms with van der Waals surface area (Å²) < 4.78 is 0. The van der Waals surface area contributed by atoms with E-state index in [1.54, 1.807) is 0 Å². The molecule has 0 spiro atoms. The van der Waals surface area contributed by atoms with Crippen LogP contribution in [0.2, 0.25) is 0 Å². The Morgan fingerprint density at radius 1 is 1.45 bits per heavy atom. The largest absolute Gasteiger partial charge is 0.395 e. The molecule has 4 atom stereocenters. The number of nitrogens with one attached hydrogen (secondary N) is 2. The molecule has 0 saturated heterocycles. The van der Waals surface area contributed by atoms with Gasteiger partial charge in [-0.3, -0.25) is 5.09 Å². The molecule has 0 aliphatic rings. The van der Waals surface area contributed by atoms with E-state index in [1.165, 1.54) is 0 Å². The fourth-order valence-corrected chi connectivity index (χ4v) is 2.73. The van der Waals surface area contributed by atoms with Gasteiger partial charge in [0.15, 0.2) is 0 Å². The van der Waals surface area contributed by atoms with Crippen LogP contribution < -0.4 is 10.2 Å². The van der Waals surface area contributed by atoms with E-state index in [0.717, 1.165) is 13.0 Å². The molecule has 4 unspecified atom stereocenters. The molecule has 0 saturated carbocycles. The van der Waals surface area contributed by atoms with Gasteiger partial charge in [0.2, 0.25) is 0 Å². The van der Waals surface area contributed by atoms with Crippen LogP contribution in [0.25, 0.3) is 0 Å². The third-order valence-corrected chi connectivity index (χ3v) is 3.04. The Morgan fingerprint density at radius 2 is 2.09 bits per heavy atom. The fourth-order valence-electron chi connectivity index (χ4n) is 0.665. The molecular formula is C4H16N2OP4. The van der Waals surface area contributed by atoms with E-state index in [4.69, 9.17) is 5.11 Å². The van der Waals surface area contributed by atoms with E-state index >= 15 is 0 Å². The third-order valence-electron chi connectivity index (χ3n) is 1.19. The van der Waals surface area contributed by atoms with Crippen molar-refractivity contribution < 1.29 is 5.11 Å². The second-order valence-electron chi connectivity index (χ2n) is 2.16. The van der Waals surface area contributed by atoms with Crippen LogP contribution in [0.5, 0.6) is 0 Å². The van der Waals surface area contributed by atoms with Gasteiger partial charge in [0, 0.05) is 12.6 Å². The number of rotatable bonds is 6. The lowest BCUT2D eigenvalue weighted by atomic mass is 10.2. The zero-order valence-corrected chi connectivity index (χ0v) is 10.7. The van der Waals surface area contributed by atoms with Crippen molar-refractivity contribution in [2.45, 2.75) is 12.5 Å². The van der Waals surface area contributed by atoms with Crippen molar-refractivity contribution in [1.82, 2.24) is 10.2 Å². The first-order valence-corrected chi connectivity index (χ1v) is 8.46. The summed E-state index contributed by atoms with van der Waals surface area (Å²) in [5.41, 5.74) is 0. The molecule has 3 N–H and O–H groups in total. The minimum Gasteiger partial charge on any atom is -0.395 e. The highest BCUT2D eigenvalue weighted by Gasteiger charge is 2.06. The van der Waals surface area contributed by atoms with Crippen LogP contribution in [0.3, 0.4) is 0 Å². The normalized spacial score (nSPS) is 13.9. The minimum absolute atomic E-state index is 0.202. The van der Waals surface area contributed by atoms with Crippen molar-refractivity contribution in [2.24, 2.45) is 0 Å². The first-order chi connectivity index (χ1) is 5.20. The molecule has 0 aromatic carbocycles. The Bertz CT molecular complexity index is 94.2. The average molecular weight is 232 g/mol. The lowest BCUT2D eigenvalue weighted by molar-refractivity contribution is 0.253. The monoisotopic (exact) mass is 232 g/mol. The van der Waals surface area contributed by atoms with Crippen molar-refractivity contribution in [2.75, 3.05) is 13.2 Å². The van der Waals surface area contributed by atoms with Gasteiger partial charge in [-0.25, -0.2) is 0 Å². The highest BCUT2D eigenvalue weighted by Crippen LogP contribution is 2.48. The molecule has 7 heteroatoms. The van der Waals surface area contributed by atoms with Gasteiger partial charge >= 0.3 is 0 Å². The molecule has 0 heterocycles. The van der Waals surface area contributed by atoms with E-state index in [1.807, 2.05) is 0 Å². The van der Waals surface area contributed by atoms with Crippen LogP contribution in [-0.2, 0) is 0 Å². The van der Waals surface area contributed by atoms with Crippen LogP contribution >= 0.6 is 34.7 Å². The number of hydrogen-bond donors (Lipinski definition) is 3. The standard InChI is InChI=1S/C4H16N2OP4/c7-3-4(1-2-5-8)6-11(9)10/h4-7H,1-3,8-10H2.